The van der Waals surface area contributed by atoms with Crippen LogP contribution in [0.3, 0.4) is 0 Å². The summed E-state index contributed by atoms with van der Waals surface area (Å²) in [6.45, 7) is 7.17. The molecule has 0 bridgehead atoms. The molecule has 1 saturated heterocycles. The molecule has 3 heterocycles. The highest BCUT2D eigenvalue weighted by Crippen LogP contribution is 2.26. The fraction of sp³-hybridized carbons (Fsp3) is 0.308. The molecule has 0 radical (unpaired) electrons. The van der Waals surface area contributed by atoms with Gasteiger partial charge in [0.25, 0.3) is 0 Å². The van der Waals surface area contributed by atoms with Gasteiger partial charge in [-0.3, -0.25) is 14.9 Å². The normalized spacial score (nSPS) is 14.8. The van der Waals surface area contributed by atoms with E-state index in [4.69, 9.17) is 5.73 Å². The highest BCUT2D eigenvalue weighted by molar-refractivity contribution is 5.99. The van der Waals surface area contributed by atoms with Crippen molar-refractivity contribution in [3.05, 3.63) is 59.8 Å². The van der Waals surface area contributed by atoms with Gasteiger partial charge in [-0.15, -0.1) is 0 Å². The molecule has 186 valence electrons. The summed E-state index contributed by atoms with van der Waals surface area (Å²) in [6.07, 6.45) is 1.70. The Hall–Kier alpha value is -4.02. The van der Waals surface area contributed by atoms with E-state index in [2.05, 4.69) is 48.6 Å². The van der Waals surface area contributed by atoms with Crippen LogP contribution in [0.25, 0.3) is 22.2 Å². The average Bonchev–Trinajstić information content (AvgIpc) is 3.19. The maximum Gasteiger partial charge on any atom is 0.324 e. The van der Waals surface area contributed by atoms with E-state index in [1.54, 1.807) is 10.9 Å². The number of anilines is 3. The van der Waals surface area contributed by atoms with Crippen molar-refractivity contribution < 1.29 is 4.79 Å². The first-order chi connectivity index (χ1) is 17.3. The number of aromatic nitrogens is 4. The summed E-state index contributed by atoms with van der Waals surface area (Å²) in [5, 5.41) is 11.2. The minimum Gasteiger partial charge on any atom is -0.368 e. The molecule has 0 aliphatic carbocycles. The van der Waals surface area contributed by atoms with Gasteiger partial charge in [0, 0.05) is 68.7 Å². The third-order valence-electron chi connectivity index (χ3n) is 6.41. The van der Waals surface area contributed by atoms with Crippen molar-refractivity contribution in [2.75, 3.05) is 49.6 Å². The molecular formula is C26H31N9O. The van der Waals surface area contributed by atoms with E-state index >= 15 is 0 Å². The number of nitrogens with zero attached hydrogens (tertiary/aromatic N) is 6. The van der Waals surface area contributed by atoms with E-state index in [-0.39, 0.29) is 12.0 Å². The van der Waals surface area contributed by atoms with E-state index in [0.29, 0.717) is 5.82 Å². The molecule has 1 aliphatic rings. The van der Waals surface area contributed by atoms with Crippen LogP contribution in [0.2, 0.25) is 0 Å². The van der Waals surface area contributed by atoms with Crippen LogP contribution in [-0.2, 0) is 13.6 Å². The number of nitrogens with two attached hydrogens (primary N) is 1. The number of hydrogen-bond acceptors (Lipinski definition) is 7. The molecule has 10 nitrogen and oxygen atoms in total. The van der Waals surface area contributed by atoms with Gasteiger partial charge in [0.1, 0.15) is 0 Å². The molecule has 36 heavy (non-hydrogen) atoms. The highest BCUT2D eigenvalue weighted by Gasteiger charge is 2.15. The van der Waals surface area contributed by atoms with Crippen LogP contribution < -0.4 is 16.4 Å². The molecule has 2 aromatic heterocycles. The van der Waals surface area contributed by atoms with Gasteiger partial charge in [0.05, 0.1) is 11.2 Å². The molecule has 1 aliphatic heterocycles. The summed E-state index contributed by atoms with van der Waals surface area (Å²) in [5.74, 6) is 0.706. The monoisotopic (exact) mass is 485 g/mol. The molecule has 0 unspecified atom stereocenters. The summed E-state index contributed by atoms with van der Waals surface area (Å²) in [7, 11) is 4.00. The second kappa shape index (κ2) is 9.92. The first-order valence-electron chi connectivity index (χ1n) is 12.0. The first kappa shape index (κ1) is 23.7. The topological polar surface area (TPSA) is 117 Å². The van der Waals surface area contributed by atoms with Crippen molar-refractivity contribution in [3.63, 3.8) is 0 Å². The lowest BCUT2D eigenvalue weighted by Gasteiger charge is -2.32. The van der Waals surface area contributed by atoms with Gasteiger partial charge < -0.3 is 16.0 Å². The maximum absolute atomic E-state index is 12.8. The predicted molar refractivity (Wildman–Crippen MR) is 143 cm³/mol. The number of nitrogens with one attached hydrogen (secondary N) is 2. The number of nitrogen functional groups attached to an aromatic ring is 1. The number of amides is 2. The number of fused-ring (bicyclic) bond motifs is 1. The third kappa shape index (κ3) is 5.45. The van der Waals surface area contributed by atoms with Crippen LogP contribution in [0, 0.1) is 6.92 Å². The van der Waals surface area contributed by atoms with E-state index in [0.717, 1.165) is 66.1 Å². The van der Waals surface area contributed by atoms with E-state index in [1.165, 1.54) is 5.56 Å². The minimum absolute atomic E-state index is 0.244. The first-order valence-corrected chi connectivity index (χ1v) is 12.0. The smallest absolute Gasteiger partial charge is 0.324 e. The van der Waals surface area contributed by atoms with Crippen molar-refractivity contribution in [3.8, 4) is 11.3 Å². The number of carbonyl (C=O) groups excluding carboxylic acids is 1. The van der Waals surface area contributed by atoms with E-state index < -0.39 is 0 Å². The molecule has 4 N–H and O–H groups in total. The lowest BCUT2D eigenvalue weighted by Crippen LogP contribution is -2.43. The Morgan fingerprint density at radius 1 is 1.03 bits per heavy atom. The van der Waals surface area contributed by atoms with Gasteiger partial charge in [-0.2, -0.15) is 5.10 Å². The molecule has 0 spiro atoms. The Morgan fingerprint density at radius 2 is 1.83 bits per heavy atom. The SMILES string of the molecule is Cc1cc(CN2CCN(C)CC2)cc(NC(=O)Nc2cc(-c3ccc4nc(N)ncc4c3)n(C)n2)c1. The molecule has 0 atom stereocenters. The highest BCUT2D eigenvalue weighted by atomic mass is 16.2. The average molecular weight is 486 g/mol. The Morgan fingerprint density at radius 3 is 2.64 bits per heavy atom. The van der Waals surface area contributed by atoms with Gasteiger partial charge in [-0.05, 0) is 49.4 Å². The van der Waals surface area contributed by atoms with Crippen molar-refractivity contribution in [1.29, 1.82) is 0 Å². The maximum atomic E-state index is 12.8. The Labute approximate surface area is 210 Å². The largest absolute Gasteiger partial charge is 0.368 e. The fourth-order valence-corrected chi connectivity index (χ4v) is 4.57. The molecular weight excluding hydrogens is 454 g/mol. The standard InChI is InChI=1S/C26H31N9O/c1-17-10-18(16-35-8-6-33(2)7-9-35)12-21(11-17)29-26(36)31-24-14-23(34(3)32-24)19-4-5-22-20(13-19)15-28-25(27)30-22/h4-5,10-15H,6-9,16H2,1-3H3,(H2,27,28,30)(H2,29,31,32,36). The lowest BCUT2D eigenvalue weighted by atomic mass is 10.1. The minimum atomic E-state index is -0.335. The zero-order chi connectivity index (χ0) is 25.2. The van der Waals surface area contributed by atoms with Gasteiger partial charge in [0.15, 0.2) is 5.82 Å². The molecule has 1 fully saturated rings. The quantitative estimate of drug-likeness (QED) is 0.397. The van der Waals surface area contributed by atoms with Crippen molar-refractivity contribution in [2.24, 2.45) is 7.05 Å². The van der Waals surface area contributed by atoms with Gasteiger partial charge in [-0.25, -0.2) is 14.8 Å². The van der Waals surface area contributed by atoms with Crippen LogP contribution in [-0.4, -0.2) is 68.8 Å². The Balaban J connectivity index is 1.26. The van der Waals surface area contributed by atoms with Crippen molar-refractivity contribution in [1.82, 2.24) is 29.5 Å². The van der Waals surface area contributed by atoms with Crippen LogP contribution in [0.1, 0.15) is 11.1 Å². The second-order valence-corrected chi connectivity index (χ2v) is 9.41. The zero-order valence-electron chi connectivity index (χ0n) is 20.8. The molecule has 2 aromatic carbocycles. The summed E-state index contributed by atoms with van der Waals surface area (Å²) in [5.41, 5.74) is 11.3. The number of hydrogen-bond donors (Lipinski definition) is 3. The molecule has 10 heteroatoms. The van der Waals surface area contributed by atoms with Gasteiger partial charge in [0.2, 0.25) is 5.95 Å². The van der Waals surface area contributed by atoms with Crippen LogP contribution in [0.15, 0.2) is 48.7 Å². The molecule has 0 saturated carbocycles. The number of rotatable bonds is 5. The number of likely N-dealkylation sites (N-methyl/N-ethyl adjacent to an activating group) is 1. The zero-order valence-corrected chi connectivity index (χ0v) is 20.8. The number of aryl methyl sites for hydroxylation is 2. The Kier molecular flexibility index (Phi) is 6.53. The summed E-state index contributed by atoms with van der Waals surface area (Å²) in [4.78, 5) is 25.9. The summed E-state index contributed by atoms with van der Waals surface area (Å²) >= 11 is 0. The summed E-state index contributed by atoms with van der Waals surface area (Å²) < 4.78 is 1.73. The number of piperazine rings is 1. The molecule has 2 amide bonds. The molecule has 4 aromatic rings. The Bertz CT molecular complexity index is 1410. The number of carbonyl (C=O) groups is 1. The molecule has 5 rings (SSSR count). The van der Waals surface area contributed by atoms with Crippen LogP contribution >= 0.6 is 0 Å². The summed E-state index contributed by atoms with van der Waals surface area (Å²) in [6, 6.07) is 13.5. The van der Waals surface area contributed by atoms with Gasteiger partial charge in [-0.1, -0.05) is 12.1 Å². The van der Waals surface area contributed by atoms with Crippen molar-refractivity contribution in [2.45, 2.75) is 13.5 Å². The van der Waals surface area contributed by atoms with E-state index in [1.807, 2.05) is 50.4 Å². The number of benzene rings is 2. The third-order valence-corrected chi connectivity index (χ3v) is 6.41. The van der Waals surface area contributed by atoms with E-state index in [9.17, 15) is 4.79 Å². The van der Waals surface area contributed by atoms with Crippen LogP contribution in [0.5, 0.6) is 0 Å². The van der Waals surface area contributed by atoms with Crippen molar-refractivity contribution >= 4 is 34.4 Å². The lowest BCUT2D eigenvalue weighted by molar-refractivity contribution is 0.148. The van der Waals surface area contributed by atoms with Gasteiger partial charge >= 0.3 is 6.03 Å². The fourth-order valence-electron chi connectivity index (χ4n) is 4.57. The van der Waals surface area contributed by atoms with Crippen LogP contribution in [0.4, 0.5) is 22.2 Å². The number of urea groups is 1. The predicted octanol–water partition coefficient (Wildman–Crippen LogP) is 3.31. The second-order valence-electron chi connectivity index (χ2n) is 9.41.